The van der Waals surface area contributed by atoms with Gasteiger partial charge in [-0.25, -0.2) is 13.1 Å². The smallest absolute Gasteiger partial charge is 0.207 e. The van der Waals surface area contributed by atoms with Crippen molar-refractivity contribution in [3.63, 3.8) is 0 Å². The lowest BCUT2D eigenvalue weighted by Crippen LogP contribution is -2.52. The number of benzene rings is 1. The molecule has 0 aromatic heterocycles. The zero-order valence-corrected chi connectivity index (χ0v) is 16.4. The highest BCUT2D eigenvalue weighted by molar-refractivity contribution is 9.11. The summed E-state index contributed by atoms with van der Waals surface area (Å²) in [6.07, 6.45) is 3.55. The molecule has 0 bridgehead atoms. The van der Waals surface area contributed by atoms with Gasteiger partial charge in [0.2, 0.25) is 10.0 Å². The van der Waals surface area contributed by atoms with Gasteiger partial charge in [0.15, 0.2) is 0 Å². The van der Waals surface area contributed by atoms with E-state index in [1.54, 1.807) is 18.2 Å². The van der Waals surface area contributed by atoms with Gasteiger partial charge in [-0.1, -0.05) is 22.9 Å². The van der Waals surface area contributed by atoms with E-state index in [1.807, 2.05) is 0 Å². The van der Waals surface area contributed by atoms with Crippen LogP contribution in [0.2, 0.25) is 0 Å². The summed E-state index contributed by atoms with van der Waals surface area (Å²) < 4.78 is 29.5. The molecule has 0 unspecified atom stereocenters. The van der Waals surface area contributed by atoms with Crippen molar-refractivity contribution in [1.82, 2.24) is 4.72 Å². The van der Waals surface area contributed by atoms with Crippen molar-refractivity contribution in [3.05, 3.63) is 27.1 Å². The van der Waals surface area contributed by atoms with Crippen LogP contribution in [0.15, 0.2) is 32.0 Å². The van der Waals surface area contributed by atoms with E-state index in [9.17, 15) is 8.42 Å². The molecule has 0 radical (unpaired) electrons. The lowest BCUT2D eigenvalue weighted by atomic mass is 9.79. The van der Waals surface area contributed by atoms with Crippen LogP contribution in [0.5, 0.6) is 0 Å². The van der Waals surface area contributed by atoms with E-state index < -0.39 is 15.6 Å². The molecule has 0 aliphatic heterocycles. The molecule has 21 heavy (non-hydrogen) atoms. The van der Waals surface area contributed by atoms with Crippen LogP contribution in [0.25, 0.3) is 0 Å². The van der Waals surface area contributed by atoms with Gasteiger partial charge in [0.25, 0.3) is 0 Å². The number of sulfonamides is 1. The number of rotatable bonds is 4. The van der Waals surface area contributed by atoms with Crippen LogP contribution in [0, 0.1) is 5.92 Å². The van der Waals surface area contributed by atoms with Crippen molar-refractivity contribution in [3.8, 4) is 0 Å². The second-order valence-electron chi connectivity index (χ2n) is 5.78. The van der Waals surface area contributed by atoms with Gasteiger partial charge in [-0.05, 0) is 65.7 Å². The molecule has 1 aromatic rings. The molecule has 0 atom stereocenters. The maximum atomic E-state index is 12.7. The second kappa shape index (κ2) is 6.87. The van der Waals surface area contributed by atoms with Gasteiger partial charge in [0.05, 0.1) is 4.90 Å². The van der Waals surface area contributed by atoms with E-state index in [2.05, 4.69) is 43.5 Å². The summed E-state index contributed by atoms with van der Waals surface area (Å²) in [5, 5.41) is 0. The molecule has 0 heterocycles. The van der Waals surface area contributed by atoms with Crippen molar-refractivity contribution in [2.24, 2.45) is 5.92 Å². The van der Waals surface area contributed by atoms with E-state index in [0.717, 1.165) is 30.2 Å². The first kappa shape index (κ1) is 17.7. The number of halogens is 3. The average molecular weight is 460 g/mol. The lowest BCUT2D eigenvalue weighted by Gasteiger charge is -2.38. The summed E-state index contributed by atoms with van der Waals surface area (Å²) in [7, 11) is -3.61. The third-order valence-electron chi connectivity index (χ3n) is 4.02. The summed E-state index contributed by atoms with van der Waals surface area (Å²) in [4.78, 5) is 0.236. The Morgan fingerprint density at radius 2 is 1.95 bits per heavy atom. The van der Waals surface area contributed by atoms with Crippen LogP contribution in [-0.2, 0) is 10.0 Å². The second-order valence-corrected chi connectivity index (χ2v) is 9.46. The molecule has 1 aliphatic rings. The summed E-state index contributed by atoms with van der Waals surface area (Å²) >= 11 is 12.7. The van der Waals surface area contributed by atoms with Gasteiger partial charge in [-0.3, -0.25) is 0 Å². The van der Waals surface area contributed by atoms with E-state index >= 15 is 0 Å². The number of hydrogen-bond donors (Lipinski definition) is 1. The van der Waals surface area contributed by atoms with Crippen molar-refractivity contribution in [2.75, 3.05) is 5.88 Å². The first-order valence-corrected chi connectivity index (χ1v) is 10.4. The van der Waals surface area contributed by atoms with Crippen molar-refractivity contribution in [2.45, 2.75) is 43.0 Å². The van der Waals surface area contributed by atoms with Crippen LogP contribution in [0.1, 0.15) is 32.6 Å². The zero-order valence-electron chi connectivity index (χ0n) is 11.7. The fourth-order valence-electron chi connectivity index (χ4n) is 2.60. The lowest BCUT2D eigenvalue weighted by molar-refractivity contribution is 0.247. The van der Waals surface area contributed by atoms with E-state index in [0.29, 0.717) is 16.3 Å². The minimum absolute atomic E-state index is 0.236. The normalized spacial score (nSPS) is 26.8. The average Bonchev–Trinajstić information content (AvgIpc) is 2.44. The monoisotopic (exact) mass is 457 g/mol. The quantitative estimate of drug-likeness (QED) is 0.665. The molecular weight excluding hydrogens is 441 g/mol. The summed E-state index contributed by atoms with van der Waals surface area (Å²) in [6, 6.07) is 5.11. The molecule has 1 fully saturated rings. The maximum absolute atomic E-state index is 12.7. The fraction of sp³-hybridized carbons (Fsp3) is 0.571. The molecule has 3 nitrogen and oxygen atoms in total. The van der Waals surface area contributed by atoms with E-state index in [-0.39, 0.29) is 4.90 Å². The minimum Gasteiger partial charge on any atom is -0.207 e. The molecule has 1 aliphatic carbocycles. The van der Waals surface area contributed by atoms with Crippen molar-refractivity contribution in [1.29, 1.82) is 0 Å². The Kier molecular flexibility index (Phi) is 5.80. The first-order valence-electron chi connectivity index (χ1n) is 6.83. The van der Waals surface area contributed by atoms with Gasteiger partial charge in [0.1, 0.15) is 0 Å². The molecule has 7 heteroatoms. The largest absolute Gasteiger partial charge is 0.242 e. The molecule has 0 spiro atoms. The van der Waals surface area contributed by atoms with Gasteiger partial charge < -0.3 is 0 Å². The molecule has 0 saturated heterocycles. The van der Waals surface area contributed by atoms with E-state index in [4.69, 9.17) is 11.6 Å². The van der Waals surface area contributed by atoms with Gasteiger partial charge in [0, 0.05) is 20.4 Å². The SMILES string of the molecule is CC1CCC(CCl)(NS(=O)(=O)c2cc(Br)ccc2Br)CC1. The third-order valence-corrected chi connectivity index (χ3v) is 7.60. The molecule has 1 N–H and O–H groups in total. The molecule has 1 saturated carbocycles. The summed E-state index contributed by atoms with van der Waals surface area (Å²) in [5.74, 6) is 0.924. The highest BCUT2D eigenvalue weighted by atomic mass is 79.9. The van der Waals surface area contributed by atoms with Crippen LogP contribution in [-0.4, -0.2) is 19.8 Å². The summed E-state index contributed by atoms with van der Waals surface area (Å²) in [5.41, 5.74) is -0.533. The van der Waals surface area contributed by atoms with Crippen LogP contribution in [0.3, 0.4) is 0 Å². The van der Waals surface area contributed by atoms with E-state index in [1.165, 1.54) is 0 Å². The molecule has 118 valence electrons. The van der Waals surface area contributed by atoms with Gasteiger partial charge >= 0.3 is 0 Å². The number of hydrogen-bond acceptors (Lipinski definition) is 2. The Morgan fingerprint density at radius 3 is 2.52 bits per heavy atom. The highest BCUT2D eigenvalue weighted by Crippen LogP contribution is 2.35. The Balaban J connectivity index is 2.29. The summed E-state index contributed by atoms with van der Waals surface area (Å²) in [6.45, 7) is 2.19. The first-order chi connectivity index (χ1) is 9.78. The third kappa shape index (κ3) is 4.22. The van der Waals surface area contributed by atoms with Crippen molar-refractivity contribution >= 4 is 53.5 Å². The molecule has 1 aromatic carbocycles. The van der Waals surface area contributed by atoms with Gasteiger partial charge in [-0.15, -0.1) is 11.6 Å². The predicted octanol–water partition coefficient (Wildman–Crippen LogP) is 4.68. The standard InChI is InChI=1S/C14H18Br2ClNO2S/c1-10-4-6-14(9-17,7-5-10)18-21(19,20)13-8-11(15)2-3-12(13)16/h2-3,8,10,18H,4-7,9H2,1H3. The predicted molar refractivity (Wildman–Crippen MR) is 93.2 cm³/mol. The highest BCUT2D eigenvalue weighted by Gasteiger charge is 2.38. The Hall–Kier alpha value is 0.380. The zero-order chi connectivity index (χ0) is 15.7. The fourth-order valence-corrected chi connectivity index (χ4v) is 5.98. The minimum atomic E-state index is -3.61. The van der Waals surface area contributed by atoms with Crippen molar-refractivity contribution < 1.29 is 8.42 Å². The van der Waals surface area contributed by atoms with Gasteiger partial charge in [-0.2, -0.15) is 0 Å². The number of nitrogens with one attached hydrogen (secondary N) is 1. The molecular formula is C14H18Br2ClNO2S. The Labute approximate surface area is 148 Å². The van der Waals surface area contributed by atoms with Crippen LogP contribution in [0.4, 0.5) is 0 Å². The molecule has 0 amide bonds. The maximum Gasteiger partial charge on any atom is 0.242 e. The number of alkyl halides is 1. The molecule has 2 rings (SSSR count). The van der Waals surface area contributed by atoms with Crippen LogP contribution >= 0.6 is 43.5 Å². The Bertz CT molecular complexity index is 613. The topological polar surface area (TPSA) is 46.2 Å². The Morgan fingerprint density at radius 1 is 1.33 bits per heavy atom. The van der Waals surface area contributed by atoms with Crippen LogP contribution < -0.4 is 4.72 Å².